The molecule has 1 unspecified atom stereocenters. The van der Waals surface area contributed by atoms with Crippen LogP contribution in [-0.4, -0.2) is 32.1 Å². The van der Waals surface area contributed by atoms with Gasteiger partial charge in [-0.05, 0) is 5.56 Å². The molecule has 186 valence electrons. The maximum absolute atomic E-state index is 15.1. The van der Waals surface area contributed by atoms with Crippen molar-refractivity contribution in [2.24, 2.45) is 11.5 Å². The van der Waals surface area contributed by atoms with E-state index >= 15 is 8.78 Å². The highest BCUT2D eigenvalue weighted by Crippen LogP contribution is 2.45. The molecule has 4 N–H and O–H groups in total. The number of nitrogens with two attached hydrogens (primary N) is 2. The first kappa shape index (κ1) is 25.8. The predicted molar refractivity (Wildman–Crippen MR) is 114 cm³/mol. The van der Waals surface area contributed by atoms with Crippen molar-refractivity contribution in [3.8, 4) is 6.07 Å². The van der Waals surface area contributed by atoms with Gasteiger partial charge in [-0.1, -0.05) is 30.3 Å². The number of rotatable bonds is 5. The topological polar surface area (TPSA) is 149 Å². The van der Waals surface area contributed by atoms with E-state index in [0.29, 0.717) is 0 Å². The van der Waals surface area contributed by atoms with Crippen LogP contribution in [0.5, 0.6) is 0 Å². The van der Waals surface area contributed by atoms with Crippen molar-refractivity contribution in [3.05, 3.63) is 87.4 Å². The number of hydrogen-bond donors (Lipinski definition) is 2. The van der Waals surface area contributed by atoms with Gasteiger partial charge in [0.1, 0.15) is 22.8 Å². The van der Waals surface area contributed by atoms with Crippen molar-refractivity contribution in [2.75, 3.05) is 19.1 Å². The second kappa shape index (κ2) is 9.79. The highest BCUT2D eigenvalue weighted by Gasteiger charge is 2.45. The van der Waals surface area contributed by atoms with Crippen LogP contribution in [0.4, 0.5) is 23.2 Å². The number of anilines is 1. The Balaban J connectivity index is 2.55. The molecule has 36 heavy (non-hydrogen) atoms. The largest absolute Gasteiger partial charge is 0.466 e. The van der Waals surface area contributed by atoms with E-state index in [1.165, 1.54) is 24.3 Å². The molecule has 13 heteroatoms. The highest BCUT2D eigenvalue weighted by atomic mass is 19.2. The standard InChI is InChI=1S/C23H16F4N4O5/c1-35-22(33)12-11(9-6-4-3-5-7-9)10(8-28)20(29)31(18(12)23(34)36-2)19-16(26)14(24)13(21(30)32)15(25)17(19)27/h3-7,11H,29H2,1-2H3,(H2,30,32). The summed E-state index contributed by atoms with van der Waals surface area (Å²) in [5.41, 5.74) is 5.55. The summed E-state index contributed by atoms with van der Waals surface area (Å²) < 4.78 is 68.9. The molecule has 3 rings (SSSR count). The maximum Gasteiger partial charge on any atom is 0.355 e. The van der Waals surface area contributed by atoms with Crippen LogP contribution < -0.4 is 16.4 Å². The zero-order chi connectivity index (χ0) is 26.9. The van der Waals surface area contributed by atoms with Gasteiger partial charge >= 0.3 is 11.9 Å². The molecule has 1 heterocycles. The lowest BCUT2D eigenvalue weighted by molar-refractivity contribution is -0.139. The molecule has 0 saturated carbocycles. The zero-order valence-corrected chi connectivity index (χ0v) is 18.6. The average molecular weight is 504 g/mol. The van der Waals surface area contributed by atoms with Gasteiger partial charge in [0.2, 0.25) is 0 Å². The van der Waals surface area contributed by atoms with Crippen molar-refractivity contribution in [3.63, 3.8) is 0 Å². The Morgan fingerprint density at radius 3 is 1.92 bits per heavy atom. The fourth-order valence-electron chi connectivity index (χ4n) is 3.78. The molecule has 2 aromatic rings. The van der Waals surface area contributed by atoms with E-state index in [1.807, 2.05) is 0 Å². The number of hydrogen-bond acceptors (Lipinski definition) is 8. The van der Waals surface area contributed by atoms with Crippen molar-refractivity contribution in [1.29, 1.82) is 5.26 Å². The van der Waals surface area contributed by atoms with E-state index in [2.05, 4.69) is 4.74 Å². The van der Waals surface area contributed by atoms with Gasteiger partial charge in [0, 0.05) is 0 Å². The minimum atomic E-state index is -2.20. The van der Waals surface area contributed by atoms with E-state index in [1.54, 1.807) is 12.1 Å². The van der Waals surface area contributed by atoms with E-state index in [9.17, 15) is 28.4 Å². The first-order valence-electron chi connectivity index (χ1n) is 9.84. The lowest BCUT2D eigenvalue weighted by Gasteiger charge is -2.36. The number of carbonyl (C=O) groups is 3. The van der Waals surface area contributed by atoms with E-state index in [-0.39, 0.29) is 10.5 Å². The quantitative estimate of drug-likeness (QED) is 0.358. The van der Waals surface area contributed by atoms with Gasteiger partial charge in [0.25, 0.3) is 5.91 Å². The SMILES string of the molecule is COC(=O)C1=C(C(=O)OC)N(c2c(F)c(F)c(C(N)=O)c(F)c2F)C(N)=C(C#N)C1c1ccccc1. The lowest BCUT2D eigenvalue weighted by Crippen LogP contribution is -2.42. The third-order valence-corrected chi connectivity index (χ3v) is 5.32. The van der Waals surface area contributed by atoms with Crippen LogP contribution in [0.3, 0.4) is 0 Å². The second-order valence-electron chi connectivity index (χ2n) is 7.18. The van der Waals surface area contributed by atoms with Crippen LogP contribution in [0.2, 0.25) is 0 Å². The molecular weight excluding hydrogens is 488 g/mol. The minimum absolute atomic E-state index is 0.123. The number of primary amides is 1. The monoisotopic (exact) mass is 504 g/mol. The number of ether oxygens (including phenoxy) is 2. The minimum Gasteiger partial charge on any atom is -0.466 e. The Kier molecular flexibility index (Phi) is 7.00. The molecule has 1 aliphatic rings. The summed E-state index contributed by atoms with van der Waals surface area (Å²) in [6.07, 6.45) is 0. The third kappa shape index (κ3) is 3.88. The van der Waals surface area contributed by atoms with Crippen molar-refractivity contribution >= 4 is 23.5 Å². The Morgan fingerprint density at radius 2 is 1.47 bits per heavy atom. The molecular formula is C23H16F4N4O5. The van der Waals surface area contributed by atoms with E-state index in [4.69, 9.17) is 16.2 Å². The molecule has 0 aliphatic carbocycles. The average Bonchev–Trinajstić information content (AvgIpc) is 2.87. The number of carbonyl (C=O) groups excluding carboxylic acids is 3. The van der Waals surface area contributed by atoms with Gasteiger partial charge in [-0.15, -0.1) is 0 Å². The summed E-state index contributed by atoms with van der Waals surface area (Å²) in [6.45, 7) is 0. The fraction of sp³-hybridized carbons (Fsp3) is 0.130. The Labute approximate surface area is 200 Å². The highest BCUT2D eigenvalue weighted by molar-refractivity contribution is 6.06. The van der Waals surface area contributed by atoms with Crippen molar-refractivity contribution < 1.29 is 41.4 Å². The van der Waals surface area contributed by atoms with Crippen LogP contribution in [0.25, 0.3) is 0 Å². The molecule has 0 fully saturated rings. The van der Waals surface area contributed by atoms with Gasteiger partial charge in [-0.2, -0.15) is 5.26 Å². The van der Waals surface area contributed by atoms with Crippen LogP contribution in [0.15, 0.2) is 53.0 Å². The lowest BCUT2D eigenvalue weighted by atomic mass is 9.81. The molecule has 0 spiro atoms. The Morgan fingerprint density at radius 1 is 0.944 bits per heavy atom. The van der Waals surface area contributed by atoms with Crippen LogP contribution in [0, 0.1) is 34.6 Å². The van der Waals surface area contributed by atoms with E-state index < -0.39 is 80.9 Å². The van der Waals surface area contributed by atoms with Crippen LogP contribution in [0.1, 0.15) is 21.8 Å². The smallest absolute Gasteiger partial charge is 0.355 e. The molecule has 2 aromatic carbocycles. The number of benzene rings is 2. The summed E-state index contributed by atoms with van der Waals surface area (Å²) in [7, 11) is 1.77. The molecule has 0 radical (unpaired) electrons. The number of nitriles is 1. The first-order valence-corrected chi connectivity index (χ1v) is 9.84. The van der Waals surface area contributed by atoms with Crippen LogP contribution in [-0.2, 0) is 19.1 Å². The summed E-state index contributed by atoms with van der Waals surface area (Å²) in [4.78, 5) is 37.3. The molecule has 1 atom stereocenters. The zero-order valence-electron chi connectivity index (χ0n) is 18.6. The van der Waals surface area contributed by atoms with E-state index in [0.717, 1.165) is 14.2 Å². The number of nitrogens with zero attached hydrogens (tertiary/aromatic N) is 2. The molecule has 1 amide bonds. The fourth-order valence-corrected chi connectivity index (χ4v) is 3.78. The third-order valence-electron chi connectivity index (χ3n) is 5.32. The second-order valence-corrected chi connectivity index (χ2v) is 7.18. The first-order chi connectivity index (χ1) is 17.0. The number of methoxy groups -OCH3 is 2. The summed E-state index contributed by atoms with van der Waals surface area (Å²) in [5, 5.41) is 9.87. The number of esters is 2. The molecule has 0 bridgehead atoms. The van der Waals surface area contributed by atoms with Gasteiger partial charge in [-0.25, -0.2) is 27.2 Å². The summed E-state index contributed by atoms with van der Waals surface area (Å²) in [5.74, 6) is -15.5. The molecule has 1 aliphatic heterocycles. The molecule has 0 saturated heterocycles. The summed E-state index contributed by atoms with van der Waals surface area (Å²) >= 11 is 0. The Bertz CT molecular complexity index is 1370. The number of halogens is 4. The number of allylic oxidation sites excluding steroid dienone is 1. The van der Waals surface area contributed by atoms with Gasteiger partial charge in [0.05, 0.1) is 37.4 Å². The predicted octanol–water partition coefficient (Wildman–Crippen LogP) is 2.24. The van der Waals surface area contributed by atoms with Gasteiger partial charge in [-0.3, -0.25) is 9.69 Å². The molecule has 0 aromatic heterocycles. The van der Waals surface area contributed by atoms with Crippen LogP contribution >= 0.6 is 0 Å². The van der Waals surface area contributed by atoms with Crippen molar-refractivity contribution in [1.82, 2.24) is 0 Å². The van der Waals surface area contributed by atoms with Gasteiger partial charge in [0.15, 0.2) is 23.3 Å². The van der Waals surface area contributed by atoms with Crippen molar-refractivity contribution in [2.45, 2.75) is 5.92 Å². The Hall–Kier alpha value is -4.86. The normalized spacial score (nSPS) is 15.5. The maximum atomic E-state index is 15.1. The molecule has 9 nitrogen and oxygen atoms in total. The number of amides is 1. The summed E-state index contributed by atoms with van der Waals surface area (Å²) in [6, 6.07) is 9.30. The van der Waals surface area contributed by atoms with Gasteiger partial charge < -0.3 is 20.9 Å².